The molecule has 6 nitrogen and oxygen atoms in total. The zero-order valence-corrected chi connectivity index (χ0v) is 11.0. The summed E-state index contributed by atoms with van der Waals surface area (Å²) in [5.74, 6) is 0.363. The van der Waals surface area contributed by atoms with E-state index in [9.17, 15) is 18.1 Å². The zero-order chi connectivity index (χ0) is 15.7. The molecule has 0 fully saturated rings. The van der Waals surface area contributed by atoms with E-state index >= 15 is 0 Å². The fourth-order valence-corrected chi connectivity index (χ4v) is 2.09. The lowest BCUT2D eigenvalue weighted by atomic mass is 10.1. The minimum Gasteiger partial charge on any atom is -0.360 e. The molecule has 3 rings (SSSR count). The summed E-state index contributed by atoms with van der Waals surface area (Å²) < 4.78 is 43.3. The smallest absolute Gasteiger partial charge is 0.360 e. The number of H-pyrrole nitrogens is 1. The Morgan fingerprint density at radius 2 is 2.14 bits per heavy atom. The molecule has 0 unspecified atom stereocenters. The van der Waals surface area contributed by atoms with E-state index in [1.165, 1.54) is 12.3 Å². The van der Waals surface area contributed by atoms with Crippen LogP contribution in [-0.4, -0.2) is 21.7 Å². The van der Waals surface area contributed by atoms with Gasteiger partial charge >= 0.3 is 6.18 Å². The third-order valence-corrected chi connectivity index (χ3v) is 3.14. The summed E-state index contributed by atoms with van der Waals surface area (Å²) in [4.78, 5) is 17.0. The lowest BCUT2D eigenvalue weighted by Crippen LogP contribution is -2.04. The maximum Gasteiger partial charge on any atom is 0.416 e. The van der Waals surface area contributed by atoms with Crippen LogP contribution in [0.3, 0.4) is 0 Å². The number of benzene rings is 1. The zero-order valence-electron chi connectivity index (χ0n) is 11.0. The lowest BCUT2D eigenvalue weighted by molar-refractivity contribution is -0.137. The van der Waals surface area contributed by atoms with Gasteiger partial charge in [-0.1, -0.05) is 10.3 Å². The fourth-order valence-electron chi connectivity index (χ4n) is 2.09. The predicted octanol–water partition coefficient (Wildman–Crippen LogP) is 3.55. The van der Waals surface area contributed by atoms with Crippen molar-refractivity contribution < 1.29 is 17.7 Å². The molecule has 2 aromatic heterocycles. The van der Waals surface area contributed by atoms with Crippen LogP contribution in [0.15, 0.2) is 34.1 Å². The summed E-state index contributed by atoms with van der Waals surface area (Å²) in [5, 5.41) is 6.75. The molecule has 9 heteroatoms. The normalized spacial score (nSPS) is 12.0. The Kier molecular flexibility index (Phi) is 3.39. The van der Waals surface area contributed by atoms with Gasteiger partial charge in [0.2, 0.25) is 11.7 Å². The minimum atomic E-state index is -4.43. The van der Waals surface area contributed by atoms with Crippen LogP contribution in [-0.2, 0) is 12.6 Å². The molecule has 22 heavy (non-hydrogen) atoms. The molecule has 0 aliphatic rings. The van der Waals surface area contributed by atoms with Crippen molar-refractivity contribution in [3.63, 3.8) is 0 Å². The first kappa shape index (κ1) is 14.2. The van der Waals surface area contributed by atoms with E-state index in [1.54, 1.807) is 0 Å². The van der Waals surface area contributed by atoms with E-state index in [0.717, 1.165) is 12.1 Å². The Labute approximate surface area is 121 Å². The Bertz CT molecular complexity index is 822. The second kappa shape index (κ2) is 5.24. The van der Waals surface area contributed by atoms with Gasteiger partial charge in [-0.3, -0.25) is 0 Å². The number of nitrogens with zero attached hydrogens (tertiary/aromatic N) is 3. The van der Waals surface area contributed by atoms with E-state index < -0.39 is 11.7 Å². The molecule has 0 aliphatic carbocycles. The summed E-state index contributed by atoms with van der Waals surface area (Å²) in [6.45, 7) is -0.00621. The van der Waals surface area contributed by atoms with E-state index in [-0.39, 0.29) is 24.7 Å². The van der Waals surface area contributed by atoms with Crippen LogP contribution in [0.5, 0.6) is 0 Å². The van der Waals surface area contributed by atoms with Crippen molar-refractivity contribution in [2.75, 3.05) is 6.54 Å². The molecule has 0 atom stereocenters. The molecule has 1 aromatic carbocycles. The molecule has 0 aliphatic heterocycles. The van der Waals surface area contributed by atoms with E-state index in [0.29, 0.717) is 16.5 Å². The monoisotopic (exact) mass is 310 g/mol. The fraction of sp³-hybridized carbons (Fsp3) is 0.231. The van der Waals surface area contributed by atoms with Gasteiger partial charge in [-0.05, 0) is 18.2 Å². The molecule has 0 saturated heterocycles. The highest BCUT2D eigenvalue weighted by Gasteiger charge is 2.31. The number of hydrogen-bond acceptors (Lipinski definition) is 5. The minimum absolute atomic E-state index is 0.00621. The maximum absolute atomic E-state index is 12.8. The van der Waals surface area contributed by atoms with E-state index in [1.807, 2.05) is 0 Å². The first-order valence-electron chi connectivity index (χ1n) is 6.29. The number of rotatable bonds is 4. The Balaban J connectivity index is 2.03. The molecule has 0 saturated carbocycles. The molecule has 0 amide bonds. The molecule has 0 radical (unpaired) electrons. The second-order valence-electron chi connectivity index (χ2n) is 4.57. The average Bonchev–Trinajstić information content (AvgIpc) is 3.09. The molecular weight excluding hydrogens is 301 g/mol. The van der Waals surface area contributed by atoms with Crippen molar-refractivity contribution >= 4 is 10.9 Å². The van der Waals surface area contributed by atoms with Crippen LogP contribution < -0.4 is 0 Å². The third-order valence-electron chi connectivity index (χ3n) is 3.14. The molecular formula is C13H9F3N4O2. The Morgan fingerprint density at radius 3 is 2.86 bits per heavy atom. The van der Waals surface area contributed by atoms with Gasteiger partial charge in [-0.15, -0.1) is 0 Å². The summed E-state index contributed by atoms with van der Waals surface area (Å²) in [5.41, 5.74) is 0.175. The number of hydrogen-bond donors (Lipinski definition) is 1. The van der Waals surface area contributed by atoms with Crippen molar-refractivity contribution in [2.45, 2.75) is 12.6 Å². The molecule has 0 bridgehead atoms. The summed E-state index contributed by atoms with van der Waals surface area (Å²) >= 11 is 0. The van der Waals surface area contributed by atoms with Crippen LogP contribution in [0.1, 0.15) is 11.5 Å². The van der Waals surface area contributed by atoms with Gasteiger partial charge in [0.25, 0.3) is 0 Å². The van der Waals surface area contributed by atoms with Crippen molar-refractivity contribution in [2.24, 2.45) is 5.18 Å². The Hall–Kier alpha value is -2.71. The van der Waals surface area contributed by atoms with Gasteiger partial charge in [-0.25, -0.2) is 0 Å². The van der Waals surface area contributed by atoms with Crippen LogP contribution in [0.2, 0.25) is 0 Å². The quantitative estimate of drug-likeness (QED) is 0.747. The number of nitrogens with one attached hydrogen (secondary N) is 1. The van der Waals surface area contributed by atoms with Gasteiger partial charge < -0.3 is 9.51 Å². The topological polar surface area (TPSA) is 84.1 Å². The van der Waals surface area contributed by atoms with Crippen molar-refractivity contribution in [3.05, 3.63) is 40.8 Å². The largest absolute Gasteiger partial charge is 0.416 e. The second-order valence-corrected chi connectivity index (χ2v) is 4.57. The number of fused-ring (bicyclic) bond motifs is 1. The molecule has 1 N–H and O–H groups in total. The predicted molar refractivity (Wildman–Crippen MR) is 71.0 cm³/mol. The van der Waals surface area contributed by atoms with Gasteiger partial charge in [0.15, 0.2) is 0 Å². The van der Waals surface area contributed by atoms with Gasteiger partial charge in [0, 0.05) is 22.7 Å². The SMILES string of the molecule is O=NCCc1nc(-c2c[nH]c3ccc(C(F)(F)F)cc23)no1. The van der Waals surface area contributed by atoms with E-state index in [2.05, 4.69) is 20.3 Å². The third kappa shape index (κ3) is 2.57. The molecule has 2 heterocycles. The molecule has 114 valence electrons. The number of aromatic nitrogens is 3. The van der Waals surface area contributed by atoms with Crippen molar-refractivity contribution in [3.8, 4) is 11.4 Å². The number of aromatic amines is 1. The summed E-state index contributed by atoms with van der Waals surface area (Å²) in [6.07, 6.45) is -2.73. The maximum atomic E-state index is 12.8. The standard InChI is InChI=1S/C13H9F3N4O2/c14-13(15,16)7-1-2-10-8(5-7)9(6-17-10)12-19-11(22-20-12)3-4-18-21/h1-2,5-6,17H,3-4H2. The first-order chi connectivity index (χ1) is 10.5. The molecule has 3 aromatic rings. The highest BCUT2D eigenvalue weighted by molar-refractivity contribution is 5.94. The van der Waals surface area contributed by atoms with Crippen LogP contribution in [0, 0.1) is 4.91 Å². The number of nitroso groups, excluding NO2 is 1. The summed E-state index contributed by atoms with van der Waals surface area (Å²) in [6, 6.07) is 3.38. The Morgan fingerprint density at radius 1 is 1.32 bits per heavy atom. The van der Waals surface area contributed by atoms with Crippen molar-refractivity contribution in [1.29, 1.82) is 0 Å². The van der Waals surface area contributed by atoms with Crippen LogP contribution in [0.4, 0.5) is 13.2 Å². The van der Waals surface area contributed by atoms with Crippen LogP contribution >= 0.6 is 0 Å². The highest BCUT2D eigenvalue weighted by Crippen LogP contribution is 2.34. The molecule has 0 spiro atoms. The highest BCUT2D eigenvalue weighted by atomic mass is 19.4. The average molecular weight is 310 g/mol. The van der Waals surface area contributed by atoms with Gasteiger partial charge in [0.05, 0.1) is 18.5 Å². The number of alkyl halides is 3. The first-order valence-corrected chi connectivity index (χ1v) is 6.29. The van der Waals surface area contributed by atoms with E-state index in [4.69, 9.17) is 4.52 Å². The van der Waals surface area contributed by atoms with Gasteiger partial charge in [0.1, 0.15) is 0 Å². The summed E-state index contributed by atoms with van der Waals surface area (Å²) in [7, 11) is 0. The number of halogens is 3. The lowest BCUT2D eigenvalue weighted by Gasteiger charge is -2.06. The van der Waals surface area contributed by atoms with Gasteiger partial charge in [-0.2, -0.15) is 23.1 Å². The van der Waals surface area contributed by atoms with Crippen LogP contribution in [0.25, 0.3) is 22.3 Å². The van der Waals surface area contributed by atoms with Crippen molar-refractivity contribution in [1.82, 2.24) is 15.1 Å².